The molecule has 35 heavy (non-hydrogen) atoms. The number of ether oxygens (including phenoxy) is 1. The molecule has 1 saturated heterocycles. The van der Waals surface area contributed by atoms with Crippen LogP contribution in [-0.2, 0) is 23.9 Å². The Hall–Kier alpha value is -3.24. The number of carbonyl (C=O) groups excluding carboxylic acids is 1. The quantitative estimate of drug-likeness (QED) is 0.585. The fourth-order valence-electron chi connectivity index (χ4n) is 4.86. The van der Waals surface area contributed by atoms with Crippen molar-refractivity contribution in [2.24, 2.45) is 0 Å². The first-order valence-corrected chi connectivity index (χ1v) is 11.5. The van der Waals surface area contributed by atoms with E-state index >= 15 is 0 Å². The van der Waals surface area contributed by atoms with E-state index in [0.717, 1.165) is 32.4 Å². The second kappa shape index (κ2) is 9.43. The van der Waals surface area contributed by atoms with Gasteiger partial charge in [-0.1, -0.05) is 41.6 Å². The second-order valence-corrected chi connectivity index (χ2v) is 8.96. The summed E-state index contributed by atoms with van der Waals surface area (Å²) in [6.45, 7) is 3.43. The molecule has 0 bridgehead atoms. The minimum Gasteiger partial charge on any atom is -0.381 e. The fraction of sp³-hybridized carbons (Fsp3) is 0.400. The Bertz CT molecular complexity index is 1200. The average Bonchev–Trinajstić information content (AvgIpc) is 3.39. The Balaban J connectivity index is 1.31. The summed E-state index contributed by atoms with van der Waals surface area (Å²) in [6, 6.07) is 14.6. The number of carbonyl (C=O) groups is 1. The van der Waals surface area contributed by atoms with Crippen LogP contribution < -0.4 is 5.32 Å². The van der Waals surface area contributed by atoms with Gasteiger partial charge in [0.2, 0.25) is 5.82 Å². The van der Waals surface area contributed by atoms with Gasteiger partial charge in [-0.15, -0.1) is 0 Å². The Kier molecular flexibility index (Phi) is 6.33. The maximum Gasteiger partial charge on any atom is 0.471 e. The van der Waals surface area contributed by atoms with Crippen LogP contribution in [-0.4, -0.2) is 52.8 Å². The van der Waals surface area contributed by atoms with Gasteiger partial charge in [-0.3, -0.25) is 9.69 Å². The molecule has 184 valence electrons. The van der Waals surface area contributed by atoms with Crippen LogP contribution in [0.5, 0.6) is 0 Å². The normalized spacial score (nSPS) is 18.1. The van der Waals surface area contributed by atoms with Crippen molar-refractivity contribution in [1.82, 2.24) is 20.4 Å². The SMILES string of the molecule is O=C(NCC1(N2CCc3ccccc3C2)CCOCC1)c1cccc(-c2noc(C(F)(F)F)n2)c1. The highest BCUT2D eigenvalue weighted by Crippen LogP contribution is 2.33. The van der Waals surface area contributed by atoms with Crippen molar-refractivity contribution in [2.75, 3.05) is 26.3 Å². The first kappa shape index (κ1) is 23.5. The molecule has 1 amide bonds. The topological polar surface area (TPSA) is 80.5 Å². The van der Waals surface area contributed by atoms with Gasteiger partial charge < -0.3 is 14.6 Å². The van der Waals surface area contributed by atoms with Crippen LogP contribution in [0.15, 0.2) is 53.1 Å². The van der Waals surface area contributed by atoms with E-state index in [9.17, 15) is 18.0 Å². The predicted molar refractivity (Wildman–Crippen MR) is 120 cm³/mol. The number of nitrogens with zero attached hydrogens (tertiary/aromatic N) is 3. The molecule has 3 heterocycles. The van der Waals surface area contributed by atoms with Gasteiger partial charge in [-0.2, -0.15) is 18.2 Å². The number of rotatable bonds is 5. The van der Waals surface area contributed by atoms with Gasteiger partial charge in [0, 0.05) is 49.5 Å². The first-order chi connectivity index (χ1) is 16.8. The number of alkyl halides is 3. The van der Waals surface area contributed by atoms with E-state index in [-0.39, 0.29) is 22.8 Å². The highest BCUT2D eigenvalue weighted by Gasteiger charge is 2.40. The fourth-order valence-corrected chi connectivity index (χ4v) is 4.86. The molecule has 0 unspecified atom stereocenters. The monoisotopic (exact) mass is 486 g/mol. The molecule has 0 spiro atoms. The lowest BCUT2D eigenvalue weighted by atomic mass is 9.85. The number of amides is 1. The van der Waals surface area contributed by atoms with Gasteiger partial charge in [-0.25, -0.2) is 0 Å². The summed E-state index contributed by atoms with van der Waals surface area (Å²) in [5, 5.41) is 6.46. The lowest BCUT2D eigenvalue weighted by Gasteiger charge is -2.48. The summed E-state index contributed by atoms with van der Waals surface area (Å²) in [5.74, 6) is -1.96. The first-order valence-electron chi connectivity index (χ1n) is 11.5. The summed E-state index contributed by atoms with van der Waals surface area (Å²) in [5.41, 5.74) is 3.02. The molecule has 1 aromatic heterocycles. The Morgan fingerprint density at radius 1 is 1.09 bits per heavy atom. The second-order valence-electron chi connectivity index (χ2n) is 8.96. The number of hydrogen-bond donors (Lipinski definition) is 1. The number of aromatic nitrogens is 2. The van der Waals surface area contributed by atoms with E-state index < -0.39 is 12.1 Å². The number of benzene rings is 2. The summed E-state index contributed by atoms with van der Waals surface area (Å²) < 4.78 is 48.3. The highest BCUT2D eigenvalue weighted by molar-refractivity contribution is 5.95. The summed E-state index contributed by atoms with van der Waals surface area (Å²) in [4.78, 5) is 18.9. The third kappa shape index (κ3) is 4.94. The van der Waals surface area contributed by atoms with Crippen molar-refractivity contribution in [3.63, 3.8) is 0 Å². The molecule has 5 rings (SSSR count). The Labute approximate surface area is 200 Å². The minimum atomic E-state index is -4.73. The third-order valence-electron chi connectivity index (χ3n) is 6.85. The molecular weight excluding hydrogens is 461 g/mol. The van der Waals surface area contributed by atoms with Gasteiger partial charge in [0.25, 0.3) is 5.91 Å². The molecule has 2 aliphatic rings. The molecule has 3 aromatic rings. The van der Waals surface area contributed by atoms with Gasteiger partial charge in [0.15, 0.2) is 0 Å². The molecule has 2 aromatic carbocycles. The van der Waals surface area contributed by atoms with Gasteiger partial charge >= 0.3 is 12.1 Å². The van der Waals surface area contributed by atoms with Gasteiger partial charge in [0.05, 0.1) is 0 Å². The lowest BCUT2D eigenvalue weighted by Crippen LogP contribution is -2.59. The van der Waals surface area contributed by atoms with E-state index in [2.05, 4.69) is 49.1 Å². The Morgan fingerprint density at radius 3 is 2.60 bits per heavy atom. The number of fused-ring (bicyclic) bond motifs is 1. The van der Waals surface area contributed by atoms with Gasteiger partial charge in [-0.05, 0) is 42.5 Å². The smallest absolute Gasteiger partial charge is 0.381 e. The van der Waals surface area contributed by atoms with E-state index in [1.165, 1.54) is 23.3 Å². The van der Waals surface area contributed by atoms with Gasteiger partial charge in [0.1, 0.15) is 0 Å². The van der Waals surface area contributed by atoms with Crippen molar-refractivity contribution in [3.05, 3.63) is 71.1 Å². The van der Waals surface area contributed by atoms with Crippen LogP contribution in [0.2, 0.25) is 0 Å². The average molecular weight is 486 g/mol. The largest absolute Gasteiger partial charge is 0.471 e. The molecule has 0 radical (unpaired) electrons. The van der Waals surface area contributed by atoms with Crippen molar-refractivity contribution in [3.8, 4) is 11.4 Å². The van der Waals surface area contributed by atoms with Crippen LogP contribution in [0.4, 0.5) is 13.2 Å². The molecule has 1 N–H and O–H groups in total. The van der Waals surface area contributed by atoms with Crippen LogP contribution in [0, 0.1) is 0 Å². The van der Waals surface area contributed by atoms with Crippen LogP contribution in [0.1, 0.15) is 40.2 Å². The molecule has 7 nitrogen and oxygen atoms in total. The third-order valence-corrected chi connectivity index (χ3v) is 6.85. The van der Waals surface area contributed by atoms with Crippen molar-refractivity contribution in [2.45, 2.75) is 37.5 Å². The van der Waals surface area contributed by atoms with E-state index in [0.29, 0.717) is 25.3 Å². The standard InChI is InChI=1S/C25H25F3N4O3/c26-25(27,28)23-30-21(31-35-23)18-6-3-7-19(14-18)22(33)29-16-24(9-12-34-13-10-24)32-11-8-17-4-1-2-5-20(17)15-32/h1-7,14H,8-13,15-16H2,(H,29,33). The molecule has 0 atom stereocenters. The number of nitrogens with one attached hydrogen (secondary N) is 1. The van der Waals surface area contributed by atoms with Crippen molar-refractivity contribution < 1.29 is 27.2 Å². The molecule has 0 aliphatic carbocycles. The lowest BCUT2D eigenvalue weighted by molar-refractivity contribution is -0.159. The number of hydrogen-bond acceptors (Lipinski definition) is 6. The molecule has 10 heteroatoms. The zero-order valence-corrected chi connectivity index (χ0v) is 19.0. The molecule has 2 aliphatic heterocycles. The maximum atomic E-state index is 13.1. The summed E-state index contributed by atoms with van der Waals surface area (Å²) in [7, 11) is 0. The zero-order chi connectivity index (χ0) is 24.5. The predicted octanol–water partition coefficient (Wildman–Crippen LogP) is 4.09. The number of halogens is 3. The minimum absolute atomic E-state index is 0.222. The highest BCUT2D eigenvalue weighted by atomic mass is 19.4. The zero-order valence-electron chi connectivity index (χ0n) is 19.0. The summed E-state index contributed by atoms with van der Waals surface area (Å²) in [6.07, 6.45) is -2.16. The summed E-state index contributed by atoms with van der Waals surface area (Å²) >= 11 is 0. The van der Waals surface area contributed by atoms with Crippen molar-refractivity contribution >= 4 is 5.91 Å². The maximum absolute atomic E-state index is 13.1. The molecule has 1 fully saturated rings. The van der Waals surface area contributed by atoms with E-state index in [1.54, 1.807) is 12.1 Å². The van der Waals surface area contributed by atoms with Crippen molar-refractivity contribution in [1.29, 1.82) is 0 Å². The Morgan fingerprint density at radius 2 is 1.86 bits per heavy atom. The molecule has 0 saturated carbocycles. The van der Waals surface area contributed by atoms with Crippen LogP contribution in [0.25, 0.3) is 11.4 Å². The van der Waals surface area contributed by atoms with Crippen LogP contribution in [0.3, 0.4) is 0 Å². The van der Waals surface area contributed by atoms with E-state index in [4.69, 9.17) is 4.74 Å². The molecular formula is C25H25F3N4O3. The van der Waals surface area contributed by atoms with Crippen LogP contribution >= 0.6 is 0 Å². The van der Waals surface area contributed by atoms with E-state index in [1.807, 2.05) is 0 Å².